The van der Waals surface area contributed by atoms with Gasteiger partial charge in [0, 0.05) is 6.54 Å². The molecule has 20 heavy (non-hydrogen) atoms. The van der Waals surface area contributed by atoms with Crippen LogP contribution in [0.4, 0.5) is 0 Å². The summed E-state index contributed by atoms with van der Waals surface area (Å²) in [5.74, 6) is 0.981. The number of nitrogens with one attached hydrogen (secondary N) is 1. The number of hydrogen-bond acceptors (Lipinski definition) is 2. The van der Waals surface area contributed by atoms with E-state index in [1.54, 1.807) is 7.11 Å². The molecule has 0 unspecified atom stereocenters. The van der Waals surface area contributed by atoms with E-state index >= 15 is 0 Å². The molecule has 1 aromatic rings. The standard InChI is InChI=1S/C18H29NO/c1-3-12-19-15-18(10-5-4-6-11-18)14-16-8-7-9-17(13-16)20-2/h7-9,13,19H,3-6,10-12,14-15H2,1-2H3. The maximum Gasteiger partial charge on any atom is 0.119 e. The van der Waals surface area contributed by atoms with Gasteiger partial charge in [0.25, 0.3) is 0 Å². The lowest BCUT2D eigenvalue weighted by Crippen LogP contribution is -2.38. The zero-order valence-electron chi connectivity index (χ0n) is 13.1. The molecule has 2 heteroatoms. The van der Waals surface area contributed by atoms with Gasteiger partial charge in [-0.3, -0.25) is 0 Å². The van der Waals surface area contributed by atoms with Crippen LogP contribution >= 0.6 is 0 Å². The van der Waals surface area contributed by atoms with Crippen LogP contribution in [-0.2, 0) is 6.42 Å². The second kappa shape index (κ2) is 7.68. The summed E-state index contributed by atoms with van der Waals surface area (Å²) in [7, 11) is 1.75. The van der Waals surface area contributed by atoms with E-state index in [2.05, 4.69) is 30.4 Å². The van der Waals surface area contributed by atoms with Crippen molar-refractivity contribution < 1.29 is 4.74 Å². The fourth-order valence-electron chi connectivity index (χ4n) is 3.46. The minimum atomic E-state index is 0.458. The largest absolute Gasteiger partial charge is 0.497 e. The van der Waals surface area contributed by atoms with Crippen LogP contribution in [-0.4, -0.2) is 20.2 Å². The van der Waals surface area contributed by atoms with Crippen LogP contribution in [0.1, 0.15) is 51.0 Å². The molecule has 0 saturated heterocycles. The Labute approximate surface area is 123 Å². The predicted molar refractivity (Wildman–Crippen MR) is 85.4 cm³/mol. The molecule has 2 nitrogen and oxygen atoms in total. The van der Waals surface area contributed by atoms with Crippen molar-refractivity contribution in [2.24, 2.45) is 5.41 Å². The van der Waals surface area contributed by atoms with Gasteiger partial charge in [0.15, 0.2) is 0 Å². The summed E-state index contributed by atoms with van der Waals surface area (Å²) in [6, 6.07) is 8.60. The molecule has 1 aliphatic rings. The van der Waals surface area contributed by atoms with Crippen LogP contribution < -0.4 is 10.1 Å². The second-order valence-corrected chi connectivity index (χ2v) is 6.27. The first-order valence-electron chi connectivity index (χ1n) is 8.12. The lowest BCUT2D eigenvalue weighted by Gasteiger charge is -2.38. The van der Waals surface area contributed by atoms with Gasteiger partial charge in [-0.25, -0.2) is 0 Å². The molecule has 0 aliphatic heterocycles. The summed E-state index contributed by atoms with van der Waals surface area (Å²) in [5.41, 5.74) is 1.88. The Kier molecular flexibility index (Phi) is 5.90. The molecule has 0 atom stereocenters. The number of hydrogen-bond donors (Lipinski definition) is 1. The topological polar surface area (TPSA) is 21.3 Å². The van der Waals surface area contributed by atoms with Crippen molar-refractivity contribution in [3.05, 3.63) is 29.8 Å². The van der Waals surface area contributed by atoms with E-state index in [0.717, 1.165) is 18.8 Å². The third-order valence-electron chi connectivity index (χ3n) is 4.55. The minimum Gasteiger partial charge on any atom is -0.497 e. The van der Waals surface area contributed by atoms with Crippen LogP contribution in [0.25, 0.3) is 0 Å². The quantitative estimate of drug-likeness (QED) is 0.753. The molecule has 0 bridgehead atoms. The third kappa shape index (κ3) is 4.24. The van der Waals surface area contributed by atoms with Crippen LogP contribution in [0, 0.1) is 5.41 Å². The molecule has 0 spiro atoms. The van der Waals surface area contributed by atoms with E-state index in [0.29, 0.717) is 5.41 Å². The zero-order chi connectivity index (χ0) is 14.3. The molecule has 1 aromatic carbocycles. The van der Waals surface area contributed by atoms with E-state index in [1.807, 2.05) is 6.07 Å². The number of methoxy groups -OCH3 is 1. The average molecular weight is 275 g/mol. The van der Waals surface area contributed by atoms with E-state index in [9.17, 15) is 0 Å². The van der Waals surface area contributed by atoms with Crippen LogP contribution in [0.5, 0.6) is 5.75 Å². The van der Waals surface area contributed by atoms with Gasteiger partial charge in [-0.05, 0) is 55.3 Å². The van der Waals surface area contributed by atoms with Crippen LogP contribution in [0.3, 0.4) is 0 Å². The van der Waals surface area contributed by atoms with Crippen molar-refractivity contribution in [1.82, 2.24) is 5.32 Å². The first-order chi connectivity index (χ1) is 9.78. The molecule has 1 saturated carbocycles. The maximum atomic E-state index is 5.36. The van der Waals surface area contributed by atoms with Crippen LogP contribution in [0.2, 0.25) is 0 Å². The number of ether oxygens (including phenoxy) is 1. The number of benzene rings is 1. The summed E-state index contributed by atoms with van der Waals surface area (Å²) in [6.45, 7) is 4.54. The highest BCUT2D eigenvalue weighted by Crippen LogP contribution is 2.39. The summed E-state index contributed by atoms with van der Waals surface area (Å²) in [4.78, 5) is 0. The van der Waals surface area contributed by atoms with Gasteiger partial charge >= 0.3 is 0 Å². The molecule has 1 N–H and O–H groups in total. The molecular formula is C18H29NO. The van der Waals surface area contributed by atoms with E-state index in [4.69, 9.17) is 4.74 Å². The molecule has 112 valence electrons. The van der Waals surface area contributed by atoms with E-state index in [-0.39, 0.29) is 0 Å². The summed E-state index contributed by atoms with van der Waals surface area (Å²) in [5, 5.41) is 3.66. The lowest BCUT2D eigenvalue weighted by atomic mass is 9.70. The van der Waals surface area contributed by atoms with Gasteiger partial charge in [-0.2, -0.15) is 0 Å². The molecule has 0 aromatic heterocycles. The van der Waals surface area contributed by atoms with Crippen molar-refractivity contribution in [2.75, 3.05) is 20.2 Å². The Morgan fingerprint density at radius 3 is 2.70 bits per heavy atom. The van der Waals surface area contributed by atoms with Crippen LogP contribution in [0.15, 0.2) is 24.3 Å². The fourth-order valence-corrected chi connectivity index (χ4v) is 3.46. The minimum absolute atomic E-state index is 0.458. The monoisotopic (exact) mass is 275 g/mol. The molecule has 1 fully saturated rings. The summed E-state index contributed by atoms with van der Waals surface area (Å²) >= 11 is 0. The average Bonchev–Trinajstić information content (AvgIpc) is 2.48. The van der Waals surface area contributed by atoms with Gasteiger partial charge < -0.3 is 10.1 Å². The molecular weight excluding hydrogens is 246 g/mol. The Morgan fingerprint density at radius 2 is 2.00 bits per heavy atom. The van der Waals surface area contributed by atoms with Crippen molar-refractivity contribution in [3.8, 4) is 5.75 Å². The third-order valence-corrected chi connectivity index (χ3v) is 4.55. The highest BCUT2D eigenvalue weighted by Gasteiger charge is 2.31. The van der Waals surface area contributed by atoms with Gasteiger partial charge in [-0.15, -0.1) is 0 Å². The van der Waals surface area contributed by atoms with E-state index in [1.165, 1.54) is 50.5 Å². The zero-order valence-corrected chi connectivity index (χ0v) is 13.1. The van der Waals surface area contributed by atoms with Crippen molar-refractivity contribution >= 4 is 0 Å². The van der Waals surface area contributed by atoms with E-state index < -0.39 is 0 Å². The highest BCUT2D eigenvalue weighted by molar-refractivity contribution is 5.29. The SMILES string of the molecule is CCCNCC1(Cc2cccc(OC)c2)CCCCC1. The van der Waals surface area contributed by atoms with Crippen molar-refractivity contribution in [3.63, 3.8) is 0 Å². The molecule has 0 amide bonds. The second-order valence-electron chi connectivity index (χ2n) is 6.27. The maximum absolute atomic E-state index is 5.36. The highest BCUT2D eigenvalue weighted by atomic mass is 16.5. The van der Waals surface area contributed by atoms with Crippen molar-refractivity contribution in [1.29, 1.82) is 0 Å². The van der Waals surface area contributed by atoms with Gasteiger partial charge in [-0.1, -0.05) is 38.3 Å². The Balaban J connectivity index is 2.05. The predicted octanol–water partition coefficient (Wildman–Crippen LogP) is 4.19. The Bertz CT molecular complexity index is 396. The number of rotatable bonds is 7. The van der Waals surface area contributed by atoms with Gasteiger partial charge in [0.1, 0.15) is 5.75 Å². The normalized spacial score (nSPS) is 17.9. The molecule has 0 radical (unpaired) electrons. The Hall–Kier alpha value is -1.02. The molecule has 0 heterocycles. The first kappa shape index (κ1) is 15.4. The fraction of sp³-hybridized carbons (Fsp3) is 0.667. The molecule has 2 rings (SSSR count). The first-order valence-corrected chi connectivity index (χ1v) is 8.12. The van der Waals surface area contributed by atoms with Gasteiger partial charge in [0.05, 0.1) is 7.11 Å². The smallest absolute Gasteiger partial charge is 0.119 e. The summed E-state index contributed by atoms with van der Waals surface area (Å²) < 4.78 is 5.36. The molecule has 1 aliphatic carbocycles. The lowest BCUT2D eigenvalue weighted by molar-refractivity contribution is 0.181. The Morgan fingerprint density at radius 1 is 1.20 bits per heavy atom. The van der Waals surface area contributed by atoms with Crippen molar-refractivity contribution in [2.45, 2.75) is 51.9 Å². The van der Waals surface area contributed by atoms with Gasteiger partial charge in [0.2, 0.25) is 0 Å². The summed E-state index contributed by atoms with van der Waals surface area (Å²) in [6.07, 6.45) is 9.31.